The molecule has 2 aromatic rings. The number of benzene rings is 2. The number of carbonyl (C=O) groups is 1. The van der Waals surface area contributed by atoms with Crippen molar-refractivity contribution in [3.05, 3.63) is 58.1 Å². The van der Waals surface area contributed by atoms with E-state index in [1.54, 1.807) is 7.11 Å². The van der Waals surface area contributed by atoms with E-state index >= 15 is 0 Å². The highest BCUT2D eigenvalue weighted by Crippen LogP contribution is 2.27. The largest absolute Gasteiger partial charge is 0.496 e. The van der Waals surface area contributed by atoms with Crippen molar-refractivity contribution in [1.29, 1.82) is 0 Å². The van der Waals surface area contributed by atoms with Crippen LogP contribution in [0.25, 0.3) is 0 Å². The quantitative estimate of drug-likeness (QED) is 0.691. The molecule has 0 radical (unpaired) electrons. The molecule has 0 fully saturated rings. The van der Waals surface area contributed by atoms with Crippen LogP contribution in [0.2, 0.25) is 0 Å². The zero-order valence-corrected chi connectivity index (χ0v) is 16.7. The molecular weight excluding hydrogens is 380 g/mol. The van der Waals surface area contributed by atoms with Crippen LogP contribution in [-0.2, 0) is 4.79 Å². The van der Waals surface area contributed by atoms with Gasteiger partial charge in [0.05, 0.1) is 18.1 Å². The van der Waals surface area contributed by atoms with E-state index in [4.69, 9.17) is 4.74 Å². The third-order valence-electron chi connectivity index (χ3n) is 4.11. The van der Waals surface area contributed by atoms with Gasteiger partial charge >= 0.3 is 0 Å². The Morgan fingerprint density at radius 3 is 2.28 bits per heavy atom. The standard InChI is InChI=1S/C20H25BrN2O2/c1-13(2)15-5-8-17(9-6-15)23-20(24)12-22-14(3)16-7-10-19(25-4)18(21)11-16/h5-11,13-14,22H,12H2,1-4H3,(H,23,24)/t14-/m1/s1. The Morgan fingerprint density at radius 1 is 1.08 bits per heavy atom. The van der Waals surface area contributed by atoms with E-state index < -0.39 is 0 Å². The first-order chi connectivity index (χ1) is 11.9. The van der Waals surface area contributed by atoms with E-state index in [1.165, 1.54) is 5.56 Å². The Labute approximate surface area is 158 Å². The molecule has 0 aromatic heterocycles. The molecule has 0 saturated heterocycles. The van der Waals surface area contributed by atoms with E-state index in [0.29, 0.717) is 5.92 Å². The summed E-state index contributed by atoms with van der Waals surface area (Å²) in [6.07, 6.45) is 0. The fourth-order valence-corrected chi connectivity index (χ4v) is 3.03. The summed E-state index contributed by atoms with van der Waals surface area (Å²) >= 11 is 3.48. The Hall–Kier alpha value is -1.85. The molecule has 1 atom stereocenters. The smallest absolute Gasteiger partial charge is 0.238 e. The van der Waals surface area contributed by atoms with Crippen LogP contribution >= 0.6 is 15.9 Å². The van der Waals surface area contributed by atoms with Gasteiger partial charge in [-0.3, -0.25) is 4.79 Å². The van der Waals surface area contributed by atoms with Gasteiger partial charge < -0.3 is 15.4 Å². The summed E-state index contributed by atoms with van der Waals surface area (Å²) in [5.41, 5.74) is 3.16. The van der Waals surface area contributed by atoms with Crippen molar-refractivity contribution in [1.82, 2.24) is 5.32 Å². The van der Waals surface area contributed by atoms with Gasteiger partial charge in [-0.15, -0.1) is 0 Å². The van der Waals surface area contributed by atoms with Crippen LogP contribution in [0.15, 0.2) is 46.9 Å². The molecule has 5 heteroatoms. The van der Waals surface area contributed by atoms with Gasteiger partial charge in [0.2, 0.25) is 5.91 Å². The van der Waals surface area contributed by atoms with E-state index in [-0.39, 0.29) is 18.5 Å². The lowest BCUT2D eigenvalue weighted by Gasteiger charge is -2.15. The predicted molar refractivity (Wildman–Crippen MR) is 106 cm³/mol. The molecule has 0 saturated carbocycles. The van der Waals surface area contributed by atoms with Gasteiger partial charge in [0.25, 0.3) is 0 Å². The summed E-state index contributed by atoms with van der Waals surface area (Å²) < 4.78 is 6.13. The van der Waals surface area contributed by atoms with Gasteiger partial charge in [0, 0.05) is 11.7 Å². The van der Waals surface area contributed by atoms with Crippen molar-refractivity contribution < 1.29 is 9.53 Å². The minimum absolute atomic E-state index is 0.0521. The van der Waals surface area contributed by atoms with Gasteiger partial charge in [-0.1, -0.05) is 32.0 Å². The summed E-state index contributed by atoms with van der Waals surface area (Å²) in [6.45, 7) is 6.57. The number of hydrogen-bond acceptors (Lipinski definition) is 3. The highest BCUT2D eigenvalue weighted by Gasteiger charge is 2.10. The normalized spacial score (nSPS) is 12.1. The van der Waals surface area contributed by atoms with E-state index in [0.717, 1.165) is 21.5 Å². The summed E-state index contributed by atoms with van der Waals surface area (Å²) in [4.78, 5) is 12.1. The number of anilines is 1. The van der Waals surface area contributed by atoms with E-state index in [2.05, 4.69) is 40.4 Å². The second kappa shape index (κ2) is 9.02. The second-order valence-electron chi connectivity index (χ2n) is 6.32. The monoisotopic (exact) mass is 404 g/mol. The minimum atomic E-state index is -0.0586. The Balaban J connectivity index is 1.87. The van der Waals surface area contributed by atoms with Gasteiger partial charge in [-0.2, -0.15) is 0 Å². The number of ether oxygens (including phenoxy) is 1. The molecule has 0 aliphatic rings. The fourth-order valence-electron chi connectivity index (χ4n) is 2.47. The molecule has 0 aliphatic carbocycles. The lowest BCUT2D eigenvalue weighted by molar-refractivity contribution is -0.115. The highest BCUT2D eigenvalue weighted by molar-refractivity contribution is 9.10. The van der Waals surface area contributed by atoms with Crippen molar-refractivity contribution in [2.24, 2.45) is 0 Å². The number of methoxy groups -OCH3 is 1. The van der Waals surface area contributed by atoms with Gasteiger partial charge in [-0.25, -0.2) is 0 Å². The number of halogens is 1. The number of nitrogens with one attached hydrogen (secondary N) is 2. The lowest BCUT2D eigenvalue weighted by Crippen LogP contribution is -2.30. The van der Waals surface area contributed by atoms with Crippen LogP contribution in [0.3, 0.4) is 0 Å². The minimum Gasteiger partial charge on any atom is -0.496 e. The molecule has 2 aromatic carbocycles. The van der Waals surface area contributed by atoms with Crippen molar-refractivity contribution >= 4 is 27.5 Å². The molecule has 2 rings (SSSR count). The number of amides is 1. The number of hydrogen-bond donors (Lipinski definition) is 2. The Morgan fingerprint density at radius 2 is 1.72 bits per heavy atom. The van der Waals surface area contributed by atoms with E-state index in [1.807, 2.05) is 49.4 Å². The Bertz CT molecular complexity index is 714. The molecule has 4 nitrogen and oxygen atoms in total. The molecule has 25 heavy (non-hydrogen) atoms. The van der Waals surface area contributed by atoms with Crippen LogP contribution in [-0.4, -0.2) is 19.6 Å². The van der Waals surface area contributed by atoms with Crippen molar-refractivity contribution in [2.75, 3.05) is 19.0 Å². The summed E-state index contributed by atoms with van der Waals surface area (Å²) in [5, 5.41) is 6.15. The van der Waals surface area contributed by atoms with Crippen LogP contribution in [0.5, 0.6) is 5.75 Å². The third kappa shape index (κ3) is 5.58. The summed E-state index contributed by atoms with van der Waals surface area (Å²) in [7, 11) is 1.64. The van der Waals surface area contributed by atoms with Gasteiger partial charge in [0.1, 0.15) is 5.75 Å². The SMILES string of the molecule is COc1ccc([C@@H](C)NCC(=O)Nc2ccc(C(C)C)cc2)cc1Br. The first-order valence-corrected chi connectivity index (χ1v) is 9.16. The summed E-state index contributed by atoms with van der Waals surface area (Å²) in [6, 6.07) is 13.9. The highest BCUT2D eigenvalue weighted by atomic mass is 79.9. The topological polar surface area (TPSA) is 50.4 Å². The zero-order chi connectivity index (χ0) is 18.4. The third-order valence-corrected chi connectivity index (χ3v) is 4.73. The predicted octanol–water partition coefficient (Wildman–Crippen LogP) is 4.87. The van der Waals surface area contributed by atoms with Crippen LogP contribution < -0.4 is 15.4 Å². The van der Waals surface area contributed by atoms with Gasteiger partial charge in [0.15, 0.2) is 0 Å². The van der Waals surface area contributed by atoms with Crippen LogP contribution in [0.1, 0.15) is 43.9 Å². The maximum absolute atomic E-state index is 12.1. The van der Waals surface area contributed by atoms with Crippen molar-refractivity contribution in [3.63, 3.8) is 0 Å². The molecule has 134 valence electrons. The molecule has 2 N–H and O–H groups in total. The van der Waals surface area contributed by atoms with Crippen molar-refractivity contribution in [3.8, 4) is 5.75 Å². The Kier molecular flexibility index (Phi) is 7.02. The van der Waals surface area contributed by atoms with Crippen molar-refractivity contribution in [2.45, 2.75) is 32.7 Å². The molecule has 0 aliphatic heterocycles. The van der Waals surface area contributed by atoms with E-state index in [9.17, 15) is 4.79 Å². The molecule has 0 heterocycles. The molecule has 1 amide bonds. The maximum Gasteiger partial charge on any atom is 0.238 e. The van der Waals surface area contributed by atoms with Gasteiger partial charge in [-0.05, 0) is 64.2 Å². The average Bonchev–Trinajstić information content (AvgIpc) is 2.60. The second-order valence-corrected chi connectivity index (χ2v) is 7.18. The zero-order valence-electron chi connectivity index (χ0n) is 15.1. The van der Waals surface area contributed by atoms with Crippen LogP contribution in [0, 0.1) is 0 Å². The van der Waals surface area contributed by atoms with Crippen LogP contribution in [0.4, 0.5) is 5.69 Å². The average molecular weight is 405 g/mol. The molecule has 0 unspecified atom stereocenters. The summed E-state index contributed by atoms with van der Waals surface area (Å²) in [5.74, 6) is 1.21. The number of rotatable bonds is 7. The first kappa shape index (κ1) is 19.5. The maximum atomic E-state index is 12.1. The molecular formula is C20H25BrN2O2. The molecule has 0 spiro atoms. The molecule has 0 bridgehead atoms. The fraction of sp³-hybridized carbons (Fsp3) is 0.350. The lowest BCUT2D eigenvalue weighted by atomic mass is 10.0. The number of carbonyl (C=O) groups excluding carboxylic acids is 1. The first-order valence-electron chi connectivity index (χ1n) is 8.37.